The van der Waals surface area contributed by atoms with Gasteiger partial charge in [-0.15, -0.1) is 0 Å². The summed E-state index contributed by atoms with van der Waals surface area (Å²) in [6, 6.07) is 7.53. The van der Waals surface area contributed by atoms with Crippen LogP contribution in [0.5, 0.6) is 0 Å². The Bertz CT molecular complexity index is 438. The van der Waals surface area contributed by atoms with E-state index in [1.165, 1.54) is 37.8 Å². The molecule has 0 spiro atoms. The average molecular weight is 280 g/mol. The van der Waals surface area contributed by atoms with Gasteiger partial charge in [-0.2, -0.15) is 0 Å². The topological polar surface area (TPSA) is 29.3 Å². The fourth-order valence-corrected chi connectivity index (χ4v) is 2.86. The van der Waals surface area contributed by atoms with Crippen molar-refractivity contribution in [1.29, 1.82) is 0 Å². The molecule has 1 aromatic rings. The van der Waals surface area contributed by atoms with E-state index in [-0.39, 0.29) is 11.6 Å². The SMILES string of the molecule is NCC(c1ccc(C(F)F)cc1)N(CC1CC1)C1CC1. The van der Waals surface area contributed by atoms with Gasteiger partial charge in [0.15, 0.2) is 0 Å². The minimum Gasteiger partial charge on any atom is -0.329 e. The van der Waals surface area contributed by atoms with Crippen LogP contribution in [0.4, 0.5) is 8.78 Å². The van der Waals surface area contributed by atoms with Crippen molar-refractivity contribution in [3.05, 3.63) is 35.4 Å². The molecule has 1 aromatic carbocycles. The molecule has 0 aliphatic heterocycles. The molecule has 2 aliphatic rings. The van der Waals surface area contributed by atoms with E-state index in [1.807, 2.05) is 12.1 Å². The molecule has 0 heterocycles. The van der Waals surface area contributed by atoms with Crippen LogP contribution >= 0.6 is 0 Å². The van der Waals surface area contributed by atoms with Gasteiger partial charge in [-0.25, -0.2) is 8.78 Å². The van der Waals surface area contributed by atoms with Gasteiger partial charge in [0.25, 0.3) is 6.43 Å². The van der Waals surface area contributed by atoms with E-state index in [2.05, 4.69) is 4.90 Å². The maximum atomic E-state index is 12.6. The van der Waals surface area contributed by atoms with E-state index in [1.54, 1.807) is 0 Å². The Morgan fingerprint density at radius 3 is 2.10 bits per heavy atom. The van der Waals surface area contributed by atoms with Crippen LogP contribution in [-0.2, 0) is 0 Å². The Kier molecular flexibility index (Phi) is 4.03. The first-order chi connectivity index (χ1) is 9.69. The molecule has 0 aromatic heterocycles. The van der Waals surface area contributed by atoms with E-state index in [4.69, 9.17) is 5.73 Å². The molecule has 20 heavy (non-hydrogen) atoms. The molecule has 2 saturated carbocycles. The second-order valence-corrected chi connectivity index (χ2v) is 6.09. The molecule has 0 amide bonds. The molecule has 0 radical (unpaired) electrons. The number of benzene rings is 1. The van der Waals surface area contributed by atoms with Crippen molar-refractivity contribution >= 4 is 0 Å². The summed E-state index contributed by atoms with van der Waals surface area (Å²) in [4.78, 5) is 2.51. The first-order valence-corrected chi connectivity index (χ1v) is 7.53. The predicted octanol–water partition coefficient (Wildman–Crippen LogP) is 3.50. The third-order valence-corrected chi connectivity index (χ3v) is 4.38. The zero-order chi connectivity index (χ0) is 14.1. The van der Waals surface area contributed by atoms with Gasteiger partial charge in [0.1, 0.15) is 0 Å². The molecular weight excluding hydrogens is 258 g/mol. The molecule has 4 heteroatoms. The van der Waals surface area contributed by atoms with Crippen molar-refractivity contribution in [3.63, 3.8) is 0 Å². The summed E-state index contributed by atoms with van der Waals surface area (Å²) in [7, 11) is 0. The van der Waals surface area contributed by atoms with Crippen molar-refractivity contribution in [3.8, 4) is 0 Å². The van der Waals surface area contributed by atoms with Gasteiger partial charge < -0.3 is 5.73 Å². The van der Waals surface area contributed by atoms with E-state index < -0.39 is 6.43 Å². The molecule has 1 atom stereocenters. The normalized spacial score (nSPS) is 20.6. The van der Waals surface area contributed by atoms with Crippen molar-refractivity contribution in [2.75, 3.05) is 13.1 Å². The third-order valence-electron chi connectivity index (χ3n) is 4.38. The Balaban J connectivity index is 1.75. The maximum Gasteiger partial charge on any atom is 0.263 e. The summed E-state index contributed by atoms with van der Waals surface area (Å²) in [5.41, 5.74) is 7.14. The quantitative estimate of drug-likeness (QED) is 0.828. The van der Waals surface area contributed by atoms with Gasteiger partial charge >= 0.3 is 0 Å². The van der Waals surface area contributed by atoms with E-state index in [9.17, 15) is 8.78 Å². The zero-order valence-electron chi connectivity index (χ0n) is 11.6. The van der Waals surface area contributed by atoms with E-state index in [0.29, 0.717) is 12.6 Å². The van der Waals surface area contributed by atoms with Crippen LogP contribution in [0.2, 0.25) is 0 Å². The average Bonchev–Trinajstić information content (AvgIpc) is 3.32. The lowest BCUT2D eigenvalue weighted by molar-refractivity contribution is 0.151. The van der Waals surface area contributed by atoms with Crippen LogP contribution in [0.15, 0.2) is 24.3 Å². The first kappa shape index (κ1) is 14.0. The fraction of sp³-hybridized carbons (Fsp3) is 0.625. The monoisotopic (exact) mass is 280 g/mol. The van der Waals surface area contributed by atoms with Gasteiger partial charge in [0.05, 0.1) is 0 Å². The first-order valence-electron chi connectivity index (χ1n) is 7.53. The molecule has 110 valence electrons. The van der Waals surface area contributed by atoms with Crippen molar-refractivity contribution < 1.29 is 8.78 Å². The number of rotatable bonds is 7. The smallest absolute Gasteiger partial charge is 0.263 e. The maximum absolute atomic E-state index is 12.6. The summed E-state index contributed by atoms with van der Waals surface area (Å²) in [6.45, 7) is 1.67. The Morgan fingerprint density at radius 2 is 1.65 bits per heavy atom. The van der Waals surface area contributed by atoms with Gasteiger partial charge in [-0.3, -0.25) is 4.90 Å². The summed E-state index contributed by atoms with van der Waals surface area (Å²) < 4.78 is 25.2. The molecule has 3 rings (SSSR count). The Labute approximate surface area is 118 Å². The Morgan fingerprint density at radius 1 is 1.05 bits per heavy atom. The molecular formula is C16H22F2N2. The van der Waals surface area contributed by atoms with E-state index in [0.717, 1.165) is 18.0 Å². The van der Waals surface area contributed by atoms with Crippen LogP contribution < -0.4 is 5.73 Å². The molecule has 2 fully saturated rings. The van der Waals surface area contributed by atoms with Crippen molar-refractivity contribution in [2.24, 2.45) is 11.7 Å². The lowest BCUT2D eigenvalue weighted by Crippen LogP contribution is -2.37. The lowest BCUT2D eigenvalue weighted by atomic mass is 10.0. The minimum atomic E-state index is -2.40. The van der Waals surface area contributed by atoms with Gasteiger partial charge in [-0.1, -0.05) is 24.3 Å². The summed E-state index contributed by atoms with van der Waals surface area (Å²) in [5, 5.41) is 0. The molecule has 1 unspecified atom stereocenters. The zero-order valence-corrected chi connectivity index (χ0v) is 11.6. The highest BCUT2D eigenvalue weighted by Crippen LogP contribution is 2.39. The minimum absolute atomic E-state index is 0.0877. The van der Waals surface area contributed by atoms with Gasteiger partial charge in [0.2, 0.25) is 0 Å². The highest BCUT2D eigenvalue weighted by atomic mass is 19.3. The van der Waals surface area contributed by atoms with Crippen LogP contribution in [0.3, 0.4) is 0 Å². The van der Waals surface area contributed by atoms with Crippen molar-refractivity contribution in [2.45, 2.75) is 44.2 Å². The van der Waals surface area contributed by atoms with Gasteiger partial charge in [0, 0.05) is 30.7 Å². The molecule has 2 aliphatic carbocycles. The number of hydrogen-bond acceptors (Lipinski definition) is 2. The second kappa shape index (κ2) is 5.78. The fourth-order valence-electron chi connectivity index (χ4n) is 2.86. The third kappa shape index (κ3) is 3.18. The molecule has 2 N–H and O–H groups in total. The van der Waals surface area contributed by atoms with Crippen LogP contribution in [0.25, 0.3) is 0 Å². The standard InChI is InChI=1S/C16H22F2N2/c17-16(18)13-5-3-12(4-6-13)15(9-19)20(14-7-8-14)10-11-1-2-11/h3-6,11,14-16H,1-2,7-10,19H2. The molecule has 0 saturated heterocycles. The van der Waals surface area contributed by atoms with Crippen LogP contribution in [0.1, 0.15) is 49.3 Å². The Hall–Kier alpha value is -1.00. The number of hydrogen-bond donors (Lipinski definition) is 1. The van der Waals surface area contributed by atoms with Crippen LogP contribution in [0, 0.1) is 5.92 Å². The highest BCUT2D eigenvalue weighted by molar-refractivity contribution is 5.26. The number of nitrogens with two attached hydrogens (primary N) is 1. The summed E-state index contributed by atoms with van der Waals surface area (Å²) in [5.74, 6) is 0.824. The lowest BCUT2D eigenvalue weighted by Gasteiger charge is -2.31. The largest absolute Gasteiger partial charge is 0.329 e. The number of halogens is 2. The predicted molar refractivity (Wildman–Crippen MR) is 75.6 cm³/mol. The molecule has 2 nitrogen and oxygen atoms in total. The van der Waals surface area contributed by atoms with Gasteiger partial charge in [-0.05, 0) is 37.2 Å². The summed E-state index contributed by atoms with van der Waals surface area (Å²) in [6.07, 6.45) is 2.75. The summed E-state index contributed by atoms with van der Waals surface area (Å²) >= 11 is 0. The second-order valence-electron chi connectivity index (χ2n) is 6.09. The van der Waals surface area contributed by atoms with Crippen molar-refractivity contribution in [1.82, 2.24) is 4.90 Å². The number of alkyl halides is 2. The molecule has 0 bridgehead atoms. The van der Waals surface area contributed by atoms with Crippen LogP contribution in [-0.4, -0.2) is 24.0 Å². The highest BCUT2D eigenvalue weighted by Gasteiger charge is 2.37. The number of nitrogens with zero attached hydrogens (tertiary/aromatic N) is 1. The van der Waals surface area contributed by atoms with E-state index >= 15 is 0 Å².